The maximum atomic E-state index is 12.8. The Kier molecular flexibility index (Phi) is 4.73. The van der Waals surface area contributed by atoms with Crippen molar-refractivity contribution < 1.29 is 9.59 Å². The Labute approximate surface area is 161 Å². The van der Waals surface area contributed by atoms with E-state index in [-0.39, 0.29) is 11.8 Å². The molecule has 1 aliphatic rings. The van der Waals surface area contributed by atoms with Gasteiger partial charge in [0.1, 0.15) is 4.88 Å². The first-order chi connectivity index (χ1) is 13.1. The van der Waals surface area contributed by atoms with Crippen molar-refractivity contribution in [1.29, 1.82) is 0 Å². The van der Waals surface area contributed by atoms with Crippen LogP contribution in [-0.2, 0) is 0 Å². The number of anilines is 1. The average Bonchev–Trinajstić information content (AvgIpc) is 3.40. The Balaban J connectivity index is 1.55. The molecule has 3 aromatic rings. The predicted molar refractivity (Wildman–Crippen MR) is 107 cm³/mol. The fraction of sp³-hybridized carbons (Fsp3) is 0.190. The summed E-state index contributed by atoms with van der Waals surface area (Å²) in [6.45, 7) is 1.89. The van der Waals surface area contributed by atoms with E-state index in [1.54, 1.807) is 24.3 Å². The number of carbonyl (C=O) groups is 2. The van der Waals surface area contributed by atoms with Crippen molar-refractivity contribution >= 4 is 28.8 Å². The molecule has 4 rings (SSSR count). The lowest BCUT2D eigenvalue weighted by atomic mass is 10.1. The predicted octanol–water partition coefficient (Wildman–Crippen LogP) is 4.26. The summed E-state index contributed by atoms with van der Waals surface area (Å²) in [5, 5.41) is 6.68. The molecule has 0 saturated heterocycles. The molecule has 0 atom stereocenters. The summed E-state index contributed by atoms with van der Waals surface area (Å²) in [5.41, 5.74) is 2.72. The van der Waals surface area contributed by atoms with E-state index in [1.165, 1.54) is 11.3 Å². The van der Waals surface area contributed by atoms with Gasteiger partial charge >= 0.3 is 0 Å². The third kappa shape index (κ3) is 4.06. The van der Waals surface area contributed by atoms with Gasteiger partial charge in [0.25, 0.3) is 11.8 Å². The summed E-state index contributed by atoms with van der Waals surface area (Å²) in [5.74, 6) is -0.327. The van der Waals surface area contributed by atoms with E-state index in [0.29, 0.717) is 27.9 Å². The zero-order valence-electron chi connectivity index (χ0n) is 14.9. The first kappa shape index (κ1) is 17.4. The smallest absolute Gasteiger partial charge is 0.268 e. The number of aryl methyl sites for hydroxylation is 1. The number of thiazole rings is 1. The molecule has 2 N–H and O–H groups in total. The first-order valence-corrected chi connectivity index (χ1v) is 9.67. The van der Waals surface area contributed by atoms with E-state index in [0.717, 1.165) is 23.4 Å². The molecule has 2 aromatic carbocycles. The number of nitrogens with one attached hydrogen (secondary N) is 2. The molecule has 27 heavy (non-hydrogen) atoms. The van der Waals surface area contributed by atoms with Crippen LogP contribution in [0, 0.1) is 6.92 Å². The van der Waals surface area contributed by atoms with E-state index >= 15 is 0 Å². The monoisotopic (exact) mass is 377 g/mol. The fourth-order valence-corrected chi connectivity index (χ4v) is 3.63. The molecule has 6 heteroatoms. The van der Waals surface area contributed by atoms with Gasteiger partial charge in [0.15, 0.2) is 0 Å². The standard InChI is InChI=1S/C21H19N3O2S/c1-13-22-18(14-6-3-2-4-7-14)19(27-13)21(26)24-17-9-5-8-15(12-17)20(25)23-16-10-11-16/h2-9,12,16H,10-11H2,1H3,(H,23,25)(H,24,26). The van der Waals surface area contributed by atoms with Crippen LogP contribution in [0.25, 0.3) is 11.3 Å². The molecule has 0 unspecified atom stereocenters. The van der Waals surface area contributed by atoms with E-state index < -0.39 is 0 Å². The highest BCUT2D eigenvalue weighted by atomic mass is 32.1. The molecule has 0 aliphatic heterocycles. The van der Waals surface area contributed by atoms with Gasteiger partial charge in [-0.15, -0.1) is 11.3 Å². The highest BCUT2D eigenvalue weighted by Gasteiger charge is 2.24. The van der Waals surface area contributed by atoms with E-state index in [2.05, 4.69) is 15.6 Å². The highest BCUT2D eigenvalue weighted by molar-refractivity contribution is 7.14. The Morgan fingerprint density at radius 2 is 1.81 bits per heavy atom. The SMILES string of the molecule is Cc1nc(-c2ccccc2)c(C(=O)Nc2cccc(C(=O)NC3CC3)c2)s1. The van der Waals surface area contributed by atoms with Gasteiger partial charge in [-0.2, -0.15) is 0 Å². The summed E-state index contributed by atoms with van der Waals surface area (Å²) < 4.78 is 0. The van der Waals surface area contributed by atoms with Crippen molar-refractivity contribution in [1.82, 2.24) is 10.3 Å². The van der Waals surface area contributed by atoms with Gasteiger partial charge < -0.3 is 10.6 Å². The number of carbonyl (C=O) groups excluding carboxylic acids is 2. The van der Waals surface area contributed by atoms with Gasteiger partial charge in [-0.05, 0) is 38.0 Å². The van der Waals surface area contributed by atoms with Crippen LogP contribution in [0.5, 0.6) is 0 Å². The summed E-state index contributed by atoms with van der Waals surface area (Å²) in [7, 11) is 0. The molecule has 136 valence electrons. The van der Waals surface area contributed by atoms with Crippen LogP contribution in [0.1, 0.15) is 37.9 Å². The second-order valence-corrected chi connectivity index (χ2v) is 7.76. The largest absolute Gasteiger partial charge is 0.349 e. The summed E-state index contributed by atoms with van der Waals surface area (Å²) in [6.07, 6.45) is 2.07. The maximum absolute atomic E-state index is 12.8. The second kappa shape index (κ2) is 7.32. The van der Waals surface area contributed by atoms with Crippen LogP contribution in [0.2, 0.25) is 0 Å². The van der Waals surface area contributed by atoms with Crippen LogP contribution < -0.4 is 10.6 Å². The fourth-order valence-electron chi connectivity index (χ4n) is 2.80. The molecule has 2 amide bonds. The Morgan fingerprint density at radius 1 is 1.04 bits per heavy atom. The molecule has 1 fully saturated rings. The van der Waals surface area contributed by atoms with Gasteiger partial charge in [-0.1, -0.05) is 36.4 Å². The molecule has 0 spiro atoms. The Morgan fingerprint density at radius 3 is 2.56 bits per heavy atom. The first-order valence-electron chi connectivity index (χ1n) is 8.85. The van der Waals surface area contributed by atoms with E-state index in [4.69, 9.17) is 0 Å². The van der Waals surface area contributed by atoms with Crippen molar-refractivity contribution in [2.75, 3.05) is 5.32 Å². The zero-order valence-corrected chi connectivity index (χ0v) is 15.7. The van der Waals surface area contributed by atoms with Gasteiger partial charge in [0.2, 0.25) is 0 Å². The minimum Gasteiger partial charge on any atom is -0.349 e. The Bertz CT molecular complexity index is 994. The molecular formula is C21H19N3O2S. The zero-order chi connectivity index (χ0) is 18.8. The number of hydrogen-bond acceptors (Lipinski definition) is 4. The van der Waals surface area contributed by atoms with Crippen molar-refractivity contribution in [2.24, 2.45) is 0 Å². The van der Waals surface area contributed by atoms with Crippen LogP contribution in [0.15, 0.2) is 54.6 Å². The molecule has 0 radical (unpaired) electrons. The minimum absolute atomic E-state index is 0.104. The number of benzene rings is 2. The normalized spacial score (nSPS) is 13.2. The Hall–Kier alpha value is -2.99. The van der Waals surface area contributed by atoms with E-state index in [1.807, 2.05) is 37.3 Å². The van der Waals surface area contributed by atoms with Crippen LogP contribution in [0.3, 0.4) is 0 Å². The van der Waals surface area contributed by atoms with Gasteiger partial charge in [-0.25, -0.2) is 4.98 Å². The third-order valence-electron chi connectivity index (χ3n) is 4.28. The lowest BCUT2D eigenvalue weighted by Crippen LogP contribution is -2.25. The summed E-state index contributed by atoms with van der Waals surface area (Å²) in [6, 6.07) is 17.0. The highest BCUT2D eigenvalue weighted by Crippen LogP contribution is 2.29. The topological polar surface area (TPSA) is 71.1 Å². The average molecular weight is 377 g/mol. The number of hydrogen-bond donors (Lipinski definition) is 2. The van der Waals surface area contributed by atoms with Crippen molar-refractivity contribution in [2.45, 2.75) is 25.8 Å². The molecule has 1 heterocycles. The number of amides is 2. The molecule has 1 saturated carbocycles. The van der Waals surface area contributed by atoms with Gasteiger partial charge in [0.05, 0.1) is 10.7 Å². The molecular weight excluding hydrogens is 358 g/mol. The van der Waals surface area contributed by atoms with Crippen LogP contribution >= 0.6 is 11.3 Å². The lowest BCUT2D eigenvalue weighted by Gasteiger charge is -2.08. The number of nitrogens with zero attached hydrogens (tertiary/aromatic N) is 1. The molecule has 1 aromatic heterocycles. The summed E-state index contributed by atoms with van der Waals surface area (Å²) in [4.78, 5) is 30.1. The maximum Gasteiger partial charge on any atom is 0.268 e. The summed E-state index contributed by atoms with van der Waals surface area (Å²) >= 11 is 1.36. The minimum atomic E-state index is -0.223. The number of aromatic nitrogens is 1. The van der Waals surface area contributed by atoms with Crippen LogP contribution in [0.4, 0.5) is 5.69 Å². The van der Waals surface area contributed by atoms with Crippen molar-refractivity contribution in [3.05, 3.63) is 70.0 Å². The molecule has 5 nitrogen and oxygen atoms in total. The van der Waals surface area contributed by atoms with Crippen molar-refractivity contribution in [3.8, 4) is 11.3 Å². The molecule has 0 bridgehead atoms. The molecule has 1 aliphatic carbocycles. The second-order valence-electron chi connectivity index (χ2n) is 6.56. The number of rotatable bonds is 5. The lowest BCUT2D eigenvalue weighted by molar-refractivity contribution is 0.0949. The van der Waals surface area contributed by atoms with Crippen molar-refractivity contribution in [3.63, 3.8) is 0 Å². The van der Waals surface area contributed by atoms with Gasteiger partial charge in [0, 0.05) is 22.9 Å². The quantitative estimate of drug-likeness (QED) is 0.698. The van der Waals surface area contributed by atoms with Gasteiger partial charge in [-0.3, -0.25) is 9.59 Å². The van der Waals surface area contributed by atoms with E-state index in [9.17, 15) is 9.59 Å². The third-order valence-corrected chi connectivity index (χ3v) is 5.25. The van der Waals surface area contributed by atoms with Crippen LogP contribution in [-0.4, -0.2) is 22.8 Å².